The zero-order valence-corrected chi connectivity index (χ0v) is 19.3. The second kappa shape index (κ2) is 9.38. The van der Waals surface area contributed by atoms with Crippen molar-refractivity contribution in [3.8, 4) is 11.8 Å². The number of nitrogens with zero attached hydrogens (tertiary/aromatic N) is 3. The highest BCUT2D eigenvalue weighted by Crippen LogP contribution is 2.39. The van der Waals surface area contributed by atoms with Crippen molar-refractivity contribution < 1.29 is 9.30 Å². The van der Waals surface area contributed by atoms with Crippen LogP contribution in [-0.2, 0) is 4.57 Å². The van der Waals surface area contributed by atoms with Gasteiger partial charge in [0.25, 0.3) is 0 Å². The molecule has 0 aliphatic rings. The molecule has 160 valence electrons. The zero-order valence-electron chi connectivity index (χ0n) is 17.7. The summed E-state index contributed by atoms with van der Waals surface area (Å²) in [6.45, 7) is 5.25. The number of rotatable bonds is 7. The number of anilines is 4. The molecule has 3 rings (SSSR count). The van der Waals surface area contributed by atoms with Crippen molar-refractivity contribution in [1.82, 2.24) is 9.97 Å². The number of benzene rings is 2. The standard InChI is InChI=1S/C22H23ClN5O2P/c1-14(12-24)15-9-10-17(19(11-15)30-2)27-22-25-13-16(23)21(28-22)26-18-7-5-6-8-20(18)31(3,4)29/h5-11,13-14H,1-4H3,(H2,25,26,27,28). The van der Waals surface area contributed by atoms with Crippen LogP contribution in [-0.4, -0.2) is 30.4 Å². The monoisotopic (exact) mass is 455 g/mol. The Hall–Kier alpha value is -3.07. The molecule has 0 radical (unpaired) electrons. The maximum absolute atomic E-state index is 12.6. The number of aromatic nitrogens is 2. The van der Waals surface area contributed by atoms with E-state index in [4.69, 9.17) is 21.6 Å². The maximum Gasteiger partial charge on any atom is 0.229 e. The van der Waals surface area contributed by atoms with Gasteiger partial charge >= 0.3 is 0 Å². The van der Waals surface area contributed by atoms with Gasteiger partial charge in [-0.1, -0.05) is 29.8 Å². The van der Waals surface area contributed by atoms with Crippen LogP contribution < -0.4 is 20.7 Å². The second-order valence-corrected chi connectivity index (χ2v) is 10.9. The van der Waals surface area contributed by atoms with E-state index in [1.165, 1.54) is 6.20 Å². The minimum atomic E-state index is -2.50. The van der Waals surface area contributed by atoms with Crippen LogP contribution in [0.4, 0.5) is 23.1 Å². The van der Waals surface area contributed by atoms with Crippen molar-refractivity contribution >= 4 is 47.2 Å². The van der Waals surface area contributed by atoms with Crippen LogP contribution >= 0.6 is 18.7 Å². The number of para-hydroxylation sites is 1. The van der Waals surface area contributed by atoms with Crippen molar-refractivity contribution in [3.05, 3.63) is 59.2 Å². The Morgan fingerprint density at radius 3 is 2.58 bits per heavy atom. The fourth-order valence-corrected chi connectivity index (χ4v) is 4.26. The first-order valence-corrected chi connectivity index (χ1v) is 12.5. The Balaban J connectivity index is 1.91. The Morgan fingerprint density at radius 2 is 1.90 bits per heavy atom. The van der Waals surface area contributed by atoms with Gasteiger partial charge in [0, 0.05) is 5.30 Å². The SMILES string of the molecule is COc1cc(C(C)C#N)ccc1Nc1ncc(Cl)c(Nc2ccccc2P(C)(C)=O)n1. The Kier molecular flexibility index (Phi) is 6.84. The Bertz CT molecular complexity index is 1190. The Labute approximate surface area is 186 Å². The molecule has 1 atom stereocenters. The summed E-state index contributed by atoms with van der Waals surface area (Å²) in [6, 6.07) is 15.0. The summed E-state index contributed by atoms with van der Waals surface area (Å²) in [7, 11) is -0.948. The molecule has 1 unspecified atom stereocenters. The van der Waals surface area contributed by atoms with Crippen LogP contribution in [0.25, 0.3) is 0 Å². The number of hydrogen-bond acceptors (Lipinski definition) is 7. The van der Waals surface area contributed by atoms with E-state index in [0.717, 1.165) is 5.56 Å². The average Bonchev–Trinajstić information content (AvgIpc) is 2.75. The smallest absolute Gasteiger partial charge is 0.229 e. The third-order valence-electron chi connectivity index (χ3n) is 4.65. The molecule has 2 aromatic carbocycles. The number of hydrogen-bond donors (Lipinski definition) is 2. The van der Waals surface area contributed by atoms with E-state index in [1.54, 1.807) is 20.4 Å². The van der Waals surface area contributed by atoms with Crippen molar-refractivity contribution in [2.45, 2.75) is 12.8 Å². The molecule has 0 aliphatic carbocycles. The molecule has 0 aliphatic heterocycles. The van der Waals surface area contributed by atoms with Crippen LogP contribution in [0.15, 0.2) is 48.7 Å². The quantitative estimate of drug-likeness (QED) is 0.453. The van der Waals surface area contributed by atoms with Crippen LogP contribution in [0, 0.1) is 11.3 Å². The predicted molar refractivity (Wildman–Crippen MR) is 126 cm³/mol. The van der Waals surface area contributed by atoms with Gasteiger partial charge in [0.05, 0.1) is 36.7 Å². The molecular weight excluding hydrogens is 433 g/mol. The summed E-state index contributed by atoms with van der Waals surface area (Å²) in [5, 5.41) is 16.5. The molecule has 0 bridgehead atoms. The van der Waals surface area contributed by atoms with E-state index >= 15 is 0 Å². The Morgan fingerprint density at radius 1 is 1.16 bits per heavy atom. The first-order valence-electron chi connectivity index (χ1n) is 9.51. The van der Waals surface area contributed by atoms with Crippen molar-refractivity contribution in [2.24, 2.45) is 0 Å². The summed E-state index contributed by atoms with van der Waals surface area (Å²) in [4.78, 5) is 8.71. The van der Waals surface area contributed by atoms with Gasteiger partial charge in [-0.05, 0) is 50.1 Å². The largest absolute Gasteiger partial charge is 0.495 e. The minimum absolute atomic E-state index is 0.251. The fourth-order valence-electron chi connectivity index (χ4n) is 2.97. The van der Waals surface area contributed by atoms with E-state index in [1.807, 2.05) is 49.4 Å². The van der Waals surface area contributed by atoms with E-state index in [9.17, 15) is 4.57 Å². The second-order valence-electron chi connectivity index (χ2n) is 7.32. The molecule has 1 heterocycles. The summed E-state index contributed by atoms with van der Waals surface area (Å²) >= 11 is 6.31. The fraction of sp³-hybridized carbons (Fsp3) is 0.227. The van der Waals surface area contributed by atoms with Gasteiger partial charge in [0.1, 0.15) is 17.9 Å². The van der Waals surface area contributed by atoms with Crippen LogP contribution in [0.3, 0.4) is 0 Å². The average molecular weight is 456 g/mol. The third-order valence-corrected chi connectivity index (χ3v) is 6.47. The van der Waals surface area contributed by atoms with Gasteiger partial charge in [-0.2, -0.15) is 10.2 Å². The highest BCUT2D eigenvalue weighted by molar-refractivity contribution is 7.70. The lowest BCUT2D eigenvalue weighted by molar-refractivity contribution is 0.416. The molecule has 0 spiro atoms. The topological polar surface area (TPSA) is 99.9 Å². The number of halogens is 1. The summed E-state index contributed by atoms with van der Waals surface area (Å²) < 4.78 is 18.1. The van der Waals surface area contributed by atoms with Gasteiger partial charge in [0.2, 0.25) is 5.95 Å². The highest BCUT2D eigenvalue weighted by atomic mass is 35.5. The molecule has 0 amide bonds. The van der Waals surface area contributed by atoms with E-state index in [2.05, 4.69) is 26.7 Å². The van der Waals surface area contributed by atoms with Crippen LogP contribution in [0.5, 0.6) is 5.75 Å². The number of methoxy groups -OCH3 is 1. The predicted octanol–water partition coefficient (Wildman–Crippen LogP) is 5.50. The van der Waals surface area contributed by atoms with Crippen molar-refractivity contribution in [2.75, 3.05) is 31.1 Å². The first-order chi connectivity index (χ1) is 14.7. The van der Waals surface area contributed by atoms with Crippen molar-refractivity contribution in [3.63, 3.8) is 0 Å². The summed E-state index contributed by atoms with van der Waals surface area (Å²) in [5.74, 6) is 1.00. The first kappa shape index (κ1) is 22.6. The maximum atomic E-state index is 12.6. The zero-order chi connectivity index (χ0) is 22.6. The van der Waals surface area contributed by atoms with Crippen molar-refractivity contribution in [1.29, 1.82) is 5.26 Å². The lowest BCUT2D eigenvalue weighted by Crippen LogP contribution is -2.11. The third kappa shape index (κ3) is 5.35. The van der Waals surface area contributed by atoms with E-state index in [-0.39, 0.29) is 5.92 Å². The highest BCUT2D eigenvalue weighted by Gasteiger charge is 2.17. The summed E-state index contributed by atoms with van der Waals surface area (Å²) in [6.07, 6.45) is 1.48. The molecule has 9 heteroatoms. The van der Waals surface area contributed by atoms with Gasteiger partial charge < -0.3 is 19.9 Å². The molecule has 31 heavy (non-hydrogen) atoms. The number of ether oxygens (including phenoxy) is 1. The summed E-state index contributed by atoms with van der Waals surface area (Å²) in [5.41, 5.74) is 2.18. The molecule has 0 saturated carbocycles. The molecule has 7 nitrogen and oxygen atoms in total. The molecule has 1 aromatic heterocycles. The molecule has 0 saturated heterocycles. The normalized spacial score (nSPS) is 12.0. The lowest BCUT2D eigenvalue weighted by Gasteiger charge is -2.16. The van der Waals surface area contributed by atoms with Gasteiger partial charge in [0.15, 0.2) is 5.82 Å². The minimum Gasteiger partial charge on any atom is -0.495 e. The van der Waals surface area contributed by atoms with Crippen LogP contribution in [0.2, 0.25) is 5.02 Å². The van der Waals surface area contributed by atoms with E-state index in [0.29, 0.717) is 39.2 Å². The lowest BCUT2D eigenvalue weighted by atomic mass is 10.0. The number of nitriles is 1. The molecule has 0 fully saturated rings. The van der Waals surface area contributed by atoms with Crippen LogP contribution in [0.1, 0.15) is 18.4 Å². The number of nitrogens with one attached hydrogen (secondary N) is 2. The van der Waals surface area contributed by atoms with E-state index < -0.39 is 7.14 Å². The van der Waals surface area contributed by atoms with Gasteiger partial charge in [-0.15, -0.1) is 0 Å². The molecule has 2 N–H and O–H groups in total. The van der Waals surface area contributed by atoms with Gasteiger partial charge in [-0.3, -0.25) is 0 Å². The molecular formula is C22H23ClN5O2P. The molecule has 3 aromatic rings. The van der Waals surface area contributed by atoms with Gasteiger partial charge in [-0.25, -0.2) is 4.98 Å².